The largest absolute Gasteiger partial charge is 0 e. The number of fused-ring (bicyclic) bond motifs is 6. The number of furan rings is 1. The van der Waals surface area contributed by atoms with Crippen LogP contribution in [0.5, 0.6) is 0 Å². The first kappa shape index (κ1) is 43.7. The molecule has 3 heterocycles. The van der Waals surface area contributed by atoms with Gasteiger partial charge < -0.3 is 8.98 Å². The Morgan fingerprint density at radius 1 is 0.641 bits per heavy atom. The number of benzene rings is 7. The Bertz CT molecular complexity index is 3280. The molecule has 0 aliphatic carbocycles. The van der Waals surface area contributed by atoms with Crippen molar-refractivity contribution in [2.75, 3.05) is 0 Å². The molecule has 0 amide bonds. The van der Waals surface area contributed by atoms with E-state index in [-0.39, 0.29) is 20.1 Å². The standard InChI is InChI=1S/C41H33N2O.C17H22GeN.Ir/c1-25(2)30-16-10-17-31(26(3)4)38(30)43-39-32-15-9-8-14-28(32)21-23-36(39)42-41(43)35-19-11-18-34-33-22-20-29(24-37(33)44-40(34)35)27-12-6-5-7-13-27;1-13(2)15-11-17(14-9-7-6-8-10-14)19-12-16(15)18(3,4)5;/h5-18,20-26H,1-4H3;6-9,11-13H,1-5H3;/q2*-1;/i;13D;. The molecule has 0 aliphatic rings. The molecule has 4 nitrogen and oxygen atoms in total. The molecule has 0 unspecified atom stereocenters. The van der Waals surface area contributed by atoms with Gasteiger partial charge in [-0.2, -0.15) is 0 Å². The van der Waals surface area contributed by atoms with Gasteiger partial charge in [0.15, 0.2) is 0 Å². The predicted octanol–water partition coefficient (Wildman–Crippen LogP) is 15.7. The van der Waals surface area contributed by atoms with E-state index in [2.05, 4.69) is 176 Å². The first-order valence-electron chi connectivity index (χ1n) is 22.6. The van der Waals surface area contributed by atoms with E-state index >= 15 is 0 Å². The number of hydrogen-bond acceptors (Lipinski definition) is 3. The van der Waals surface area contributed by atoms with E-state index in [4.69, 9.17) is 10.8 Å². The Morgan fingerprint density at radius 3 is 2.05 bits per heavy atom. The van der Waals surface area contributed by atoms with Crippen molar-refractivity contribution in [2.24, 2.45) is 0 Å². The van der Waals surface area contributed by atoms with Crippen LogP contribution in [0.25, 0.3) is 83.2 Å². The fraction of sp³-hybridized carbons (Fsp3) is 0.207. The van der Waals surface area contributed by atoms with Gasteiger partial charge in [-0.25, -0.2) is 0 Å². The van der Waals surface area contributed by atoms with Gasteiger partial charge in [0.05, 0.1) is 22.4 Å². The Kier molecular flexibility index (Phi) is 12.6. The van der Waals surface area contributed by atoms with Crippen LogP contribution in [-0.4, -0.2) is 27.8 Å². The smallest absolute Gasteiger partial charge is 0 e. The summed E-state index contributed by atoms with van der Waals surface area (Å²) in [6.07, 6.45) is 2.00. The Balaban J connectivity index is 0.000000232. The van der Waals surface area contributed by atoms with Crippen molar-refractivity contribution in [3.63, 3.8) is 0 Å². The van der Waals surface area contributed by atoms with Crippen molar-refractivity contribution in [3.8, 4) is 39.5 Å². The number of nitrogens with zero attached hydrogens (tertiary/aromatic N) is 3. The second-order valence-electron chi connectivity index (χ2n) is 18.4. The van der Waals surface area contributed by atoms with E-state index in [0.717, 1.165) is 66.7 Å². The molecule has 0 saturated carbocycles. The van der Waals surface area contributed by atoms with Crippen LogP contribution in [0, 0.1) is 12.1 Å². The van der Waals surface area contributed by atoms with Gasteiger partial charge in [0.1, 0.15) is 5.58 Å². The Morgan fingerprint density at radius 2 is 1.36 bits per heavy atom. The van der Waals surface area contributed by atoms with E-state index in [1.54, 1.807) is 0 Å². The van der Waals surface area contributed by atoms with E-state index in [9.17, 15) is 0 Å². The summed E-state index contributed by atoms with van der Waals surface area (Å²) in [7, 11) is 0. The maximum atomic E-state index is 8.44. The van der Waals surface area contributed by atoms with Gasteiger partial charge in [-0.05, 0) is 51.6 Å². The molecule has 3 aromatic heterocycles. The van der Waals surface area contributed by atoms with Crippen LogP contribution >= 0.6 is 0 Å². The molecule has 64 heavy (non-hydrogen) atoms. The van der Waals surface area contributed by atoms with Crippen LogP contribution in [-0.2, 0) is 20.1 Å². The van der Waals surface area contributed by atoms with E-state index in [1.165, 1.54) is 37.5 Å². The molecular formula is C58H55GeIrN3O-2. The molecule has 323 valence electrons. The van der Waals surface area contributed by atoms with Gasteiger partial charge in [0.2, 0.25) is 0 Å². The summed E-state index contributed by atoms with van der Waals surface area (Å²) < 4.78 is 18.9. The summed E-state index contributed by atoms with van der Waals surface area (Å²) in [5, 5.41) is 4.54. The van der Waals surface area contributed by atoms with Crippen molar-refractivity contribution < 1.29 is 25.9 Å². The fourth-order valence-electron chi connectivity index (χ4n) is 8.88. The van der Waals surface area contributed by atoms with Gasteiger partial charge >= 0.3 is 120 Å². The predicted molar refractivity (Wildman–Crippen MR) is 269 cm³/mol. The fourth-order valence-corrected chi connectivity index (χ4v) is 12.2. The minimum absolute atomic E-state index is 0. The third-order valence-corrected chi connectivity index (χ3v) is 16.3. The SMILES string of the molecule is CC(C)c1cccc(C(C)C)c1-n1c(-c2[c-]ccc3c2oc2cc(-c4ccccc4)ccc23)nc2ccc3ccccc3c21.[2H]C(C)(C)c1cc(-c2[c-]cccc2)nc[c]1[Ge]([CH3])([CH3])[CH3].[Ir]. The molecule has 0 atom stereocenters. The number of para-hydroxylation sites is 1. The average molecular weight is 1080 g/mol. The first-order valence-corrected chi connectivity index (χ1v) is 29.5. The summed E-state index contributed by atoms with van der Waals surface area (Å²) in [5.41, 5.74) is 13.7. The first-order chi connectivity index (χ1) is 30.7. The molecule has 0 N–H and O–H groups in total. The van der Waals surface area contributed by atoms with Crippen LogP contribution in [0.15, 0.2) is 156 Å². The second-order valence-corrected chi connectivity index (χ2v) is 29.0. The summed E-state index contributed by atoms with van der Waals surface area (Å²) >= 11 is -2.03. The van der Waals surface area contributed by atoms with E-state index in [1.807, 2.05) is 56.4 Å². The molecular weight excluding hydrogens is 1020 g/mol. The zero-order valence-corrected chi connectivity index (χ0v) is 42.7. The average Bonchev–Trinajstić information content (AvgIpc) is 3.87. The van der Waals surface area contributed by atoms with Gasteiger partial charge in [0, 0.05) is 36.6 Å². The number of rotatable bonds is 8. The molecule has 0 fully saturated rings. The van der Waals surface area contributed by atoms with E-state index < -0.39 is 19.2 Å². The summed E-state index contributed by atoms with van der Waals surface area (Å²) in [5.74, 6) is 7.94. The third kappa shape index (κ3) is 8.54. The Labute approximate surface area is 395 Å². The molecule has 10 aromatic rings. The minimum atomic E-state index is -2.03. The maximum absolute atomic E-state index is 8.44. The van der Waals surface area contributed by atoms with Crippen LogP contribution in [0.2, 0.25) is 17.3 Å². The normalized spacial score (nSPS) is 12.2. The molecule has 0 spiro atoms. The number of hydrogen-bond donors (Lipinski definition) is 0. The maximum Gasteiger partial charge on any atom is 0 e. The molecule has 0 saturated heterocycles. The van der Waals surface area contributed by atoms with Crippen LogP contribution in [0.1, 0.15) is 77.3 Å². The Hall–Kier alpha value is -5.59. The van der Waals surface area contributed by atoms with Crippen LogP contribution in [0.3, 0.4) is 0 Å². The zero-order chi connectivity index (χ0) is 44.9. The number of imidazole rings is 1. The second kappa shape index (κ2) is 18.5. The summed E-state index contributed by atoms with van der Waals surface area (Å²) in [6, 6.07) is 57.5. The van der Waals surface area contributed by atoms with Crippen molar-refractivity contribution >= 4 is 61.4 Å². The van der Waals surface area contributed by atoms with Crippen molar-refractivity contribution in [2.45, 2.75) is 76.5 Å². The molecule has 10 rings (SSSR count). The van der Waals surface area contributed by atoms with Gasteiger partial charge in [-0.3, -0.25) is 4.98 Å². The van der Waals surface area contributed by atoms with Gasteiger partial charge in [-0.1, -0.05) is 130 Å². The molecule has 0 aliphatic heterocycles. The summed E-state index contributed by atoms with van der Waals surface area (Å²) in [6.45, 7) is 13.0. The summed E-state index contributed by atoms with van der Waals surface area (Å²) in [4.78, 5) is 9.99. The zero-order valence-electron chi connectivity index (χ0n) is 39.2. The van der Waals surface area contributed by atoms with Crippen molar-refractivity contribution in [1.29, 1.82) is 0 Å². The monoisotopic (exact) mass is 1080 g/mol. The molecule has 0 bridgehead atoms. The van der Waals surface area contributed by atoms with Crippen molar-refractivity contribution in [1.82, 2.24) is 14.5 Å². The quantitative estimate of drug-likeness (QED) is 0.112. The molecule has 7 aromatic carbocycles. The van der Waals surface area contributed by atoms with Crippen LogP contribution < -0.4 is 4.40 Å². The third-order valence-electron chi connectivity index (χ3n) is 12.1. The minimum Gasteiger partial charge on any atom is 0 e. The van der Waals surface area contributed by atoms with E-state index in [0.29, 0.717) is 11.8 Å². The molecule has 6 heteroatoms. The van der Waals surface area contributed by atoms with Crippen molar-refractivity contribution in [3.05, 3.63) is 181 Å². The van der Waals surface area contributed by atoms with Gasteiger partial charge in [-0.15, -0.1) is 18.2 Å². The number of aromatic nitrogens is 3. The topological polar surface area (TPSA) is 43.9 Å². The molecule has 1 radical (unpaired) electrons. The van der Waals surface area contributed by atoms with Gasteiger partial charge in [0.25, 0.3) is 0 Å². The number of pyridine rings is 1. The van der Waals surface area contributed by atoms with Crippen LogP contribution in [0.4, 0.5) is 0 Å².